The van der Waals surface area contributed by atoms with Crippen molar-refractivity contribution < 1.29 is 0 Å². The molecule has 0 aliphatic heterocycles. The minimum atomic E-state index is 0.00306. The van der Waals surface area contributed by atoms with Crippen LogP contribution in [0.4, 0.5) is 0 Å². The third kappa shape index (κ3) is 1.98. The average Bonchev–Trinajstić information content (AvgIpc) is 2.05. The summed E-state index contributed by atoms with van der Waals surface area (Å²) in [5, 5.41) is 0. The molecule has 0 saturated heterocycles. The van der Waals surface area contributed by atoms with Crippen LogP contribution in [0.25, 0.3) is 0 Å². The summed E-state index contributed by atoms with van der Waals surface area (Å²) in [6, 6.07) is 1.85. The van der Waals surface area contributed by atoms with Gasteiger partial charge in [0.2, 0.25) is 0 Å². The Morgan fingerprint density at radius 2 is 2.36 bits per heavy atom. The van der Waals surface area contributed by atoms with Crippen molar-refractivity contribution in [3.8, 4) is 0 Å². The molecule has 1 rings (SSSR count). The Bertz CT molecular complexity index is 233. The minimum Gasteiger partial charge on any atom is -0.323 e. The molecule has 0 radical (unpaired) electrons. The minimum absolute atomic E-state index is 0.00306. The van der Waals surface area contributed by atoms with Crippen LogP contribution < -0.4 is 5.73 Å². The second-order valence-corrected chi connectivity index (χ2v) is 2.54. The first-order valence-corrected chi connectivity index (χ1v) is 3.81. The molecule has 1 atom stereocenters. The van der Waals surface area contributed by atoms with Crippen molar-refractivity contribution >= 4 is 0 Å². The maximum absolute atomic E-state index is 5.65. The second kappa shape index (κ2) is 3.44. The molecule has 0 spiro atoms. The molecule has 0 aromatic carbocycles. The zero-order valence-corrected chi connectivity index (χ0v) is 6.91. The van der Waals surface area contributed by atoms with Crippen molar-refractivity contribution in [2.45, 2.75) is 26.3 Å². The molecule has 1 aromatic rings. The van der Waals surface area contributed by atoms with Crippen molar-refractivity contribution in [1.82, 2.24) is 9.97 Å². The molecule has 1 heterocycles. The van der Waals surface area contributed by atoms with E-state index in [1.54, 1.807) is 6.20 Å². The molecule has 2 N–H and O–H groups in total. The molecule has 0 aliphatic rings. The number of nitrogens with zero attached hydrogens (tertiary/aromatic N) is 2. The highest BCUT2D eigenvalue weighted by molar-refractivity contribution is 5.05. The average molecular weight is 151 g/mol. The van der Waals surface area contributed by atoms with Crippen LogP contribution in [-0.2, 0) is 6.42 Å². The van der Waals surface area contributed by atoms with E-state index in [0.29, 0.717) is 0 Å². The fourth-order valence-electron chi connectivity index (χ4n) is 0.839. The summed E-state index contributed by atoms with van der Waals surface area (Å²) < 4.78 is 0. The van der Waals surface area contributed by atoms with E-state index < -0.39 is 0 Å². The van der Waals surface area contributed by atoms with E-state index >= 15 is 0 Å². The summed E-state index contributed by atoms with van der Waals surface area (Å²) >= 11 is 0. The van der Waals surface area contributed by atoms with Crippen molar-refractivity contribution in [1.29, 1.82) is 0 Å². The second-order valence-electron chi connectivity index (χ2n) is 2.54. The van der Waals surface area contributed by atoms with Gasteiger partial charge in [-0.1, -0.05) is 6.92 Å². The summed E-state index contributed by atoms with van der Waals surface area (Å²) in [4.78, 5) is 8.33. The number of aromatic nitrogens is 2. The van der Waals surface area contributed by atoms with Gasteiger partial charge in [0.1, 0.15) is 5.82 Å². The van der Waals surface area contributed by atoms with Crippen LogP contribution in [0.2, 0.25) is 0 Å². The molecule has 1 aromatic heterocycles. The maximum Gasteiger partial charge on any atom is 0.128 e. The van der Waals surface area contributed by atoms with Gasteiger partial charge in [0, 0.05) is 18.7 Å². The van der Waals surface area contributed by atoms with Crippen LogP contribution in [0.5, 0.6) is 0 Å². The van der Waals surface area contributed by atoms with Crippen LogP contribution >= 0.6 is 0 Å². The lowest BCUT2D eigenvalue weighted by atomic mass is 10.2. The van der Waals surface area contributed by atoms with Gasteiger partial charge in [-0.05, 0) is 13.0 Å². The van der Waals surface area contributed by atoms with Gasteiger partial charge in [-0.2, -0.15) is 0 Å². The number of hydrogen-bond acceptors (Lipinski definition) is 3. The smallest absolute Gasteiger partial charge is 0.128 e. The lowest BCUT2D eigenvalue weighted by Crippen LogP contribution is -2.09. The van der Waals surface area contributed by atoms with Gasteiger partial charge in [-0.15, -0.1) is 0 Å². The Hall–Kier alpha value is -0.960. The number of aryl methyl sites for hydroxylation is 1. The van der Waals surface area contributed by atoms with Crippen molar-refractivity contribution in [2.24, 2.45) is 5.73 Å². The molecule has 60 valence electrons. The summed E-state index contributed by atoms with van der Waals surface area (Å²) in [5.74, 6) is 0.861. The molecule has 0 fully saturated rings. The largest absolute Gasteiger partial charge is 0.323 e. The predicted molar refractivity (Wildman–Crippen MR) is 44.0 cm³/mol. The van der Waals surface area contributed by atoms with Gasteiger partial charge < -0.3 is 5.73 Å². The molecular formula is C8H13N3. The SMILES string of the molecule is CCc1nccc([C@H](C)N)n1. The molecule has 0 aliphatic carbocycles. The van der Waals surface area contributed by atoms with Crippen LogP contribution in [0.15, 0.2) is 12.3 Å². The van der Waals surface area contributed by atoms with E-state index in [9.17, 15) is 0 Å². The number of rotatable bonds is 2. The molecule has 3 nitrogen and oxygen atoms in total. The Balaban J connectivity index is 2.91. The quantitative estimate of drug-likeness (QED) is 0.687. The van der Waals surface area contributed by atoms with Crippen LogP contribution in [0.1, 0.15) is 31.4 Å². The van der Waals surface area contributed by atoms with E-state index in [4.69, 9.17) is 5.73 Å². The first-order chi connectivity index (χ1) is 5.24. The lowest BCUT2D eigenvalue weighted by Gasteiger charge is -2.04. The van der Waals surface area contributed by atoms with Crippen LogP contribution in [0.3, 0.4) is 0 Å². The van der Waals surface area contributed by atoms with Gasteiger partial charge in [0.25, 0.3) is 0 Å². The zero-order valence-electron chi connectivity index (χ0n) is 6.91. The zero-order chi connectivity index (χ0) is 8.27. The highest BCUT2D eigenvalue weighted by Gasteiger charge is 2.00. The lowest BCUT2D eigenvalue weighted by molar-refractivity contribution is 0.755. The molecule has 0 unspecified atom stereocenters. The third-order valence-electron chi connectivity index (χ3n) is 1.51. The van der Waals surface area contributed by atoms with Gasteiger partial charge in [0.15, 0.2) is 0 Å². The monoisotopic (exact) mass is 151 g/mol. The van der Waals surface area contributed by atoms with Crippen molar-refractivity contribution in [2.75, 3.05) is 0 Å². The molecule has 11 heavy (non-hydrogen) atoms. The van der Waals surface area contributed by atoms with E-state index in [1.165, 1.54) is 0 Å². The summed E-state index contributed by atoms with van der Waals surface area (Å²) in [7, 11) is 0. The predicted octanol–water partition coefficient (Wildman–Crippen LogP) is 1.06. The summed E-state index contributed by atoms with van der Waals surface area (Å²) in [6.45, 7) is 3.95. The van der Waals surface area contributed by atoms with E-state index in [1.807, 2.05) is 19.9 Å². The normalized spacial score (nSPS) is 13.0. The fourth-order valence-corrected chi connectivity index (χ4v) is 0.839. The molecule has 3 heteroatoms. The van der Waals surface area contributed by atoms with E-state index in [2.05, 4.69) is 9.97 Å². The Morgan fingerprint density at radius 1 is 1.64 bits per heavy atom. The highest BCUT2D eigenvalue weighted by atomic mass is 14.9. The maximum atomic E-state index is 5.65. The van der Waals surface area contributed by atoms with Crippen molar-refractivity contribution in [3.63, 3.8) is 0 Å². The highest BCUT2D eigenvalue weighted by Crippen LogP contribution is 2.04. The number of nitrogens with two attached hydrogens (primary N) is 1. The molecule has 0 saturated carbocycles. The number of hydrogen-bond donors (Lipinski definition) is 1. The molecular weight excluding hydrogens is 138 g/mol. The molecule has 0 amide bonds. The Labute approximate surface area is 66.7 Å². The van der Waals surface area contributed by atoms with Gasteiger partial charge in [0.05, 0.1) is 5.69 Å². The fraction of sp³-hybridized carbons (Fsp3) is 0.500. The third-order valence-corrected chi connectivity index (χ3v) is 1.51. The first-order valence-electron chi connectivity index (χ1n) is 3.81. The van der Waals surface area contributed by atoms with Gasteiger partial charge in [-0.25, -0.2) is 9.97 Å². The van der Waals surface area contributed by atoms with Gasteiger partial charge in [-0.3, -0.25) is 0 Å². The van der Waals surface area contributed by atoms with Crippen LogP contribution in [0, 0.1) is 0 Å². The summed E-state index contributed by atoms with van der Waals surface area (Å²) in [6.07, 6.45) is 2.62. The van der Waals surface area contributed by atoms with Crippen LogP contribution in [-0.4, -0.2) is 9.97 Å². The Kier molecular flexibility index (Phi) is 2.54. The molecule has 0 bridgehead atoms. The Morgan fingerprint density at radius 3 is 2.91 bits per heavy atom. The van der Waals surface area contributed by atoms with E-state index in [0.717, 1.165) is 17.9 Å². The standard InChI is InChI=1S/C8H13N3/c1-3-8-10-5-4-7(11-8)6(2)9/h4-6H,3,9H2,1-2H3/t6-/m0/s1. The summed E-state index contributed by atoms with van der Waals surface area (Å²) in [5.41, 5.74) is 6.56. The first kappa shape index (κ1) is 8.14. The topological polar surface area (TPSA) is 51.8 Å². The van der Waals surface area contributed by atoms with Gasteiger partial charge >= 0.3 is 0 Å². The van der Waals surface area contributed by atoms with Crippen molar-refractivity contribution in [3.05, 3.63) is 23.8 Å². The van der Waals surface area contributed by atoms with E-state index in [-0.39, 0.29) is 6.04 Å².